The molecule has 1 saturated carbocycles. The van der Waals surface area contributed by atoms with Crippen LogP contribution in [-0.4, -0.2) is 31.1 Å². The Bertz CT molecular complexity index is 671. The number of nitrogens with zero attached hydrogens (tertiary/aromatic N) is 2. The van der Waals surface area contributed by atoms with Gasteiger partial charge in [0.15, 0.2) is 5.78 Å². The van der Waals surface area contributed by atoms with Gasteiger partial charge in [-0.05, 0) is 12.0 Å². The number of ketones is 1. The maximum Gasteiger partial charge on any atom is 0.216 e. The largest absolute Gasteiger partial charge is 0.368 e. The Morgan fingerprint density at radius 3 is 2.62 bits per heavy atom. The second-order valence-electron chi connectivity index (χ2n) is 4.85. The highest BCUT2D eigenvalue weighted by atomic mass is 35.5. The quantitative estimate of drug-likeness (QED) is 0.495. The van der Waals surface area contributed by atoms with Gasteiger partial charge in [0.1, 0.15) is 4.33 Å². The summed E-state index contributed by atoms with van der Waals surface area (Å²) in [4.78, 5) is 16.0. The number of aromatic amines is 1. The maximum atomic E-state index is 12.1. The van der Waals surface area contributed by atoms with Gasteiger partial charge in [0, 0.05) is 11.5 Å². The summed E-state index contributed by atoms with van der Waals surface area (Å²) in [5.41, 5.74) is 7.12. The molecule has 8 heteroatoms. The number of halogens is 2. The number of carbonyl (C=O) groups is 1. The van der Waals surface area contributed by atoms with Crippen LogP contribution in [0.25, 0.3) is 0 Å². The van der Waals surface area contributed by atoms with E-state index < -0.39 is 4.33 Å². The second kappa shape index (κ2) is 5.51. The Hall–Kier alpha value is -1.24. The van der Waals surface area contributed by atoms with Gasteiger partial charge in [0.2, 0.25) is 11.1 Å². The van der Waals surface area contributed by atoms with Crippen molar-refractivity contribution in [1.82, 2.24) is 15.2 Å². The van der Waals surface area contributed by atoms with Crippen LogP contribution < -0.4 is 5.73 Å². The molecule has 1 heterocycles. The summed E-state index contributed by atoms with van der Waals surface area (Å²) in [5.74, 6) is 0.670. The fourth-order valence-electron chi connectivity index (χ4n) is 2.01. The third-order valence-electron chi connectivity index (χ3n) is 3.28. The maximum absolute atomic E-state index is 12.1. The van der Waals surface area contributed by atoms with Gasteiger partial charge in [-0.1, -0.05) is 36.0 Å². The van der Waals surface area contributed by atoms with Crippen molar-refractivity contribution in [2.24, 2.45) is 0 Å². The number of hydrogen-bond donors (Lipinski definition) is 2. The molecule has 5 nitrogen and oxygen atoms in total. The summed E-state index contributed by atoms with van der Waals surface area (Å²) in [6.07, 6.45) is 0.755. The van der Waals surface area contributed by atoms with Crippen molar-refractivity contribution in [3.8, 4) is 0 Å². The monoisotopic (exact) mass is 342 g/mol. The van der Waals surface area contributed by atoms with E-state index in [-0.39, 0.29) is 23.4 Å². The lowest BCUT2D eigenvalue weighted by Gasteiger charge is -2.03. The molecule has 1 aliphatic rings. The smallest absolute Gasteiger partial charge is 0.216 e. The molecule has 3 rings (SSSR count). The summed E-state index contributed by atoms with van der Waals surface area (Å²) in [6, 6.07) is 7.40. The average Bonchev–Trinajstić information content (AvgIpc) is 2.90. The third kappa shape index (κ3) is 3.33. The van der Waals surface area contributed by atoms with Crippen LogP contribution in [0.4, 0.5) is 5.95 Å². The minimum absolute atomic E-state index is 0.00808. The van der Waals surface area contributed by atoms with Crippen LogP contribution in [0.15, 0.2) is 29.4 Å². The zero-order valence-corrected chi connectivity index (χ0v) is 13.2. The predicted octanol–water partition coefficient (Wildman–Crippen LogP) is 3.02. The van der Waals surface area contributed by atoms with Gasteiger partial charge in [-0.25, -0.2) is 5.10 Å². The zero-order chi connectivity index (χ0) is 15.0. The molecule has 0 radical (unpaired) electrons. The molecular weight excluding hydrogens is 331 g/mol. The highest BCUT2D eigenvalue weighted by Crippen LogP contribution is 2.59. The number of aromatic nitrogens is 3. The van der Waals surface area contributed by atoms with Crippen LogP contribution in [0.5, 0.6) is 0 Å². The first-order valence-electron chi connectivity index (χ1n) is 6.27. The first kappa shape index (κ1) is 14.7. The van der Waals surface area contributed by atoms with Crippen LogP contribution in [-0.2, 0) is 0 Å². The topological polar surface area (TPSA) is 84.7 Å². The molecule has 110 valence electrons. The minimum Gasteiger partial charge on any atom is -0.368 e. The molecule has 0 spiro atoms. The number of benzene rings is 1. The van der Waals surface area contributed by atoms with E-state index in [0.29, 0.717) is 10.7 Å². The second-order valence-corrected chi connectivity index (χ2v) is 7.34. The molecule has 3 N–H and O–H groups in total. The number of nitrogens with two attached hydrogens (primary N) is 1. The Kier molecular flexibility index (Phi) is 3.86. The van der Waals surface area contributed by atoms with Crippen molar-refractivity contribution in [2.75, 3.05) is 11.5 Å². The van der Waals surface area contributed by atoms with Gasteiger partial charge in [-0.2, -0.15) is 4.98 Å². The molecule has 0 bridgehead atoms. The van der Waals surface area contributed by atoms with Gasteiger partial charge in [0.05, 0.1) is 5.75 Å². The lowest BCUT2D eigenvalue weighted by atomic mass is 10.1. The first-order chi connectivity index (χ1) is 9.95. The number of rotatable bonds is 5. The number of carbonyl (C=O) groups excluding carboxylic acids is 1. The zero-order valence-electron chi connectivity index (χ0n) is 10.8. The fourth-order valence-corrected chi connectivity index (χ4v) is 3.27. The Balaban J connectivity index is 1.60. The van der Waals surface area contributed by atoms with Crippen LogP contribution in [0.1, 0.15) is 28.3 Å². The van der Waals surface area contributed by atoms with E-state index in [1.807, 2.05) is 12.1 Å². The summed E-state index contributed by atoms with van der Waals surface area (Å²) in [7, 11) is 0. The van der Waals surface area contributed by atoms with E-state index in [4.69, 9.17) is 28.9 Å². The number of H-pyrrole nitrogens is 1. The van der Waals surface area contributed by atoms with Gasteiger partial charge < -0.3 is 5.73 Å². The Morgan fingerprint density at radius 1 is 1.43 bits per heavy atom. The average molecular weight is 343 g/mol. The standard InChI is InChI=1S/C13H12Cl2N4OS/c14-13(15)5-9(13)7-1-3-8(4-2-7)10(20)6-21-12-17-11(16)18-19-12/h1-4,9H,5-6H2,(H3,16,17,18,19)/t9-/m0/s1. The number of alkyl halides is 2. The van der Waals surface area contributed by atoms with E-state index in [1.54, 1.807) is 12.1 Å². The SMILES string of the molecule is Nc1nc(SCC(=O)c2ccc([C@@H]3CC3(Cl)Cl)cc2)n[nH]1. The molecule has 21 heavy (non-hydrogen) atoms. The van der Waals surface area contributed by atoms with Crippen LogP contribution in [0.3, 0.4) is 0 Å². The number of anilines is 1. The normalized spacial score (nSPS) is 19.4. The van der Waals surface area contributed by atoms with Crippen molar-refractivity contribution in [1.29, 1.82) is 0 Å². The van der Waals surface area contributed by atoms with Crippen molar-refractivity contribution in [2.45, 2.75) is 21.8 Å². The number of thioether (sulfide) groups is 1. The van der Waals surface area contributed by atoms with Crippen LogP contribution >= 0.6 is 35.0 Å². The lowest BCUT2D eigenvalue weighted by Crippen LogP contribution is -2.03. The molecular formula is C13H12Cl2N4OS. The molecule has 1 aromatic carbocycles. The summed E-state index contributed by atoms with van der Waals surface area (Å²) < 4.78 is -0.646. The molecule has 0 unspecified atom stereocenters. The summed E-state index contributed by atoms with van der Waals surface area (Å²) in [6.45, 7) is 0. The minimum atomic E-state index is -0.646. The molecule has 0 saturated heterocycles. The number of nitrogen functional groups attached to an aromatic ring is 1. The molecule has 1 fully saturated rings. The molecule has 1 aromatic heterocycles. The van der Waals surface area contributed by atoms with E-state index >= 15 is 0 Å². The van der Waals surface area contributed by atoms with E-state index in [1.165, 1.54) is 11.8 Å². The van der Waals surface area contributed by atoms with Crippen molar-refractivity contribution >= 4 is 46.7 Å². The first-order valence-corrected chi connectivity index (χ1v) is 8.01. The van der Waals surface area contributed by atoms with Crippen molar-refractivity contribution < 1.29 is 4.79 Å². The fraction of sp³-hybridized carbons (Fsp3) is 0.308. The predicted molar refractivity (Wildman–Crippen MR) is 84.1 cm³/mol. The Labute approximate surface area is 135 Å². The molecule has 0 amide bonds. The van der Waals surface area contributed by atoms with Crippen LogP contribution in [0, 0.1) is 0 Å². The number of hydrogen-bond acceptors (Lipinski definition) is 5. The third-order valence-corrected chi connectivity index (χ3v) is 4.96. The van der Waals surface area contributed by atoms with Gasteiger partial charge in [0.25, 0.3) is 0 Å². The van der Waals surface area contributed by atoms with E-state index in [2.05, 4.69) is 15.2 Å². The lowest BCUT2D eigenvalue weighted by molar-refractivity contribution is 0.102. The van der Waals surface area contributed by atoms with Gasteiger partial charge >= 0.3 is 0 Å². The highest BCUT2D eigenvalue weighted by Gasteiger charge is 2.52. The highest BCUT2D eigenvalue weighted by molar-refractivity contribution is 7.99. The van der Waals surface area contributed by atoms with Crippen molar-refractivity contribution in [3.63, 3.8) is 0 Å². The number of nitrogens with one attached hydrogen (secondary N) is 1. The van der Waals surface area contributed by atoms with Crippen LogP contribution in [0.2, 0.25) is 0 Å². The molecule has 1 aliphatic carbocycles. The summed E-state index contributed by atoms with van der Waals surface area (Å²) >= 11 is 13.3. The molecule has 0 aliphatic heterocycles. The van der Waals surface area contributed by atoms with Gasteiger partial charge in [-0.3, -0.25) is 4.79 Å². The molecule has 1 atom stereocenters. The number of Topliss-reactive ketones (excluding diaryl/α,β-unsaturated/α-hetero) is 1. The Morgan fingerprint density at radius 2 is 2.10 bits per heavy atom. The summed E-state index contributed by atoms with van der Waals surface area (Å²) in [5, 5.41) is 6.85. The van der Waals surface area contributed by atoms with Crippen molar-refractivity contribution in [3.05, 3.63) is 35.4 Å². The van der Waals surface area contributed by atoms with E-state index in [0.717, 1.165) is 12.0 Å². The molecule has 2 aromatic rings. The van der Waals surface area contributed by atoms with E-state index in [9.17, 15) is 4.79 Å². The van der Waals surface area contributed by atoms with Gasteiger partial charge in [-0.15, -0.1) is 28.3 Å².